The Bertz CT molecular complexity index is 199. The Kier molecular flexibility index (Phi) is 10.1. The standard InChI is InChI=1S/C13H24O3/c1-3-4-6-9-12(14)10-7-5-8-11-13(15)16-2/h3-11H2,1-2H3. The molecule has 0 aliphatic heterocycles. The van der Waals surface area contributed by atoms with Gasteiger partial charge in [0.15, 0.2) is 0 Å². The van der Waals surface area contributed by atoms with Crippen LogP contribution in [0.5, 0.6) is 0 Å². The number of hydrogen-bond donors (Lipinski definition) is 0. The maximum Gasteiger partial charge on any atom is 0.305 e. The van der Waals surface area contributed by atoms with Crippen molar-refractivity contribution in [3.8, 4) is 0 Å². The first-order chi connectivity index (χ1) is 7.70. The number of unbranched alkanes of at least 4 members (excludes halogenated alkanes) is 4. The summed E-state index contributed by atoms with van der Waals surface area (Å²) in [6.07, 6.45) is 7.87. The number of ketones is 1. The van der Waals surface area contributed by atoms with Crippen molar-refractivity contribution >= 4 is 11.8 Å². The summed E-state index contributed by atoms with van der Waals surface area (Å²) in [7, 11) is 1.40. The van der Waals surface area contributed by atoms with Gasteiger partial charge in [-0.05, 0) is 19.3 Å². The van der Waals surface area contributed by atoms with Gasteiger partial charge in [0.25, 0.3) is 0 Å². The van der Waals surface area contributed by atoms with E-state index in [0.717, 1.165) is 44.9 Å². The zero-order valence-corrected chi connectivity index (χ0v) is 10.6. The van der Waals surface area contributed by atoms with Crippen molar-refractivity contribution in [1.29, 1.82) is 0 Å². The Balaban J connectivity index is 3.24. The van der Waals surface area contributed by atoms with Crippen LogP contribution in [0, 0.1) is 0 Å². The fourth-order valence-corrected chi connectivity index (χ4v) is 1.57. The van der Waals surface area contributed by atoms with Crippen molar-refractivity contribution in [2.75, 3.05) is 7.11 Å². The van der Waals surface area contributed by atoms with E-state index in [2.05, 4.69) is 11.7 Å². The smallest absolute Gasteiger partial charge is 0.305 e. The van der Waals surface area contributed by atoms with Crippen LogP contribution in [0.2, 0.25) is 0 Å². The number of carbonyl (C=O) groups excluding carboxylic acids is 2. The molecule has 3 heteroatoms. The van der Waals surface area contributed by atoms with Gasteiger partial charge in [-0.2, -0.15) is 0 Å². The summed E-state index contributed by atoms with van der Waals surface area (Å²) in [6.45, 7) is 2.14. The minimum absolute atomic E-state index is 0.158. The van der Waals surface area contributed by atoms with Crippen LogP contribution in [-0.2, 0) is 14.3 Å². The topological polar surface area (TPSA) is 43.4 Å². The average Bonchev–Trinajstić information content (AvgIpc) is 2.28. The Hall–Kier alpha value is -0.860. The fourth-order valence-electron chi connectivity index (χ4n) is 1.57. The van der Waals surface area contributed by atoms with E-state index in [1.807, 2.05) is 0 Å². The highest BCUT2D eigenvalue weighted by atomic mass is 16.5. The van der Waals surface area contributed by atoms with Crippen LogP contribution in [-0.4, -0.2) is 18.9 Å². The zero-order chi connectivity index (χ0) is 12.2. The number of hydrogen-bond acceptors (Lipinski definition) is 3. The van der Waals surface area contributed by atoms with Crippen LogP contribution in [0.15, 0.2) is 0 Å². The Labute approximate surface area is 98.6 Å². The average molecular weight is 228 g/mol. The van der Waals surface area contributed by atoms with E-state index >= 15 is 0 Å². The molecule has 0 atom stereocenters. The van der Waals surface area contributed by atoms with Crippen molar-refractivity contribution < 1.29 is 14.3 Å². The van der Waals surface area contributed by atoms with Gasteiger partial charge in [0.05, 0.1) is 7.11 Å². The number of rotatable bonds is 10. The summed E-state index contributed by atoms with van der Waals surface area (Å²) in [6, 6.07) is 0. The first-order valence-electron chi connectivity index (χ1n) is 6.29. The minimum Gasteiger partial charge on any atom is -0.469 e. The molecule has 0 saturated heterocycles. The van der Waals surface area contributed by atoms with E-state index in [1.54, 1.807) is 0 Å². The van der Waals surface area contributed by atoms with E-state index in [1.165, 1.54) is 7.11 Å². The minimum atomic E-state index is -0.158. The Morgan fingerprint density at radius 1 is 0.875 bits per heavy atom. The summed E-state index contributed by atoms with van der Waals surface area (Å²) in [4.78, 5) is 22.2. The maximum atomic E-state index is 11.4. The molecule has 0 aliphatic carbocycles. The second-order valence-electron chi connectivity index (χ2n) is 4.13. The quantitative estimate of drug-likeness (QED) is 0.426. The number of methoxy groups -OCH3 is 1. The normalized spacial score (nSPS) is 10.1. The van der Waals surface area contributed by atoms with Gasteiger partial charge in [0.2, 0.25) is 0 Å². The molecule has 0 aromatic carbocycles. The first-order valence-corrected chi connectivity index (χ1v) is 6.29. The van der Waals surface area contributed by atoms with Gasteiger partial charge in [0.1, 0.15) is 5.78 Å². The molecule has 0 heterocycles. The number of Topliss-reactive ketones (excluding diaryl/α,β-unsaturated/α-hetero) is 1. The van der Waals surface area contributed by atoms with Crippen molar-refractivity contribution in [1.82, 2.24) is 0 Å². The largest absolute Gasteiger partial charge is 0.469 e. The third kappa shape index (κ3) is 9.69. The molecule has 0 unspecified atom stereocenters. The van der Waals surface area contributed by atoms with Gasteiger partial charge in [-0.15, -0.1) is 0 Å². The van der Waals surface area contributed by atoms with Crippen molar-refractivity contribution in [3.63, 3.8) is 0 Å². The number of carbonyl (C=O) groups is 2. The van der Waals surface area contributed by atoms with Crippen LogP contribution in [0.1, 0.15) is 64.7 Å². The molecule has 0 N–H and O–H groups in total. The summed E-state index contributed by atoms with van der Waals surface area (Å²) >= 11 is 0. The molecule has 0 saturated carbocycles. The predicted molar refractivity (Wildman–Crippen MR) is 64.3 cm³/mol. The van der Waals surface area contributed by atoms with Crippen LogP contribution in [0.4, 0.5) is 0 Å². The van der Waals surface area contributed by atoms with Crippen molar-refractivity contribution in [2.45, 2.75) is 64.7 Å². The van der Waals surface area contributed by atoms with Crippen LogP contribution >= 0.6 is 0 Å². The third-order valence-corrected chi connectivity index (χ3v) is 2.62. The Morgan fingerprint density at radius 3 is 2.00 bits per heavy atom. The highest BCUT2D eigenvalue weighted by molar-refractivity contribution is 5.78. The molecule has 0 aliphatic rings. The molecule has 16 heavy (non-hydrogen) atoms. The number of ether oxygens (including phenoxy) is 1. The van der Waals surface area contributed by atoms with Crippen LogP contribution in [0.3, 0.4) is 0 Å². The molecular weight excluding hydrogens is 204 g/mol. The van der Waals surface area contributed by atoms with Gasteiger partial charge < -0.3 is 4.74 Å². The number of esters is 1. The maximum absolute atomic E-state index is 11.4. The second-order valence-corrected chi connectivity index (χ2v) is 4.13. The predicted octanol–water partition coefficient (Wildman–Crippen LogP) is 3.26. The molecule has 3 nitrogen and oxygen atoms in total. The van der Waals surface area contributed by atoms with Gasteiger partial charge in [-0.3, -0.25) is 9.59 Å². The molecule has 94 valence electrons. The molecule has 0 rings (SSSR count). The lowest BCUT2D eigenvalue weighted by Crippen LogP contribution is -2.00. The Morgan fingerprint density at radius 2 is 1.44 bits per heavy atom. The fraction of sp³-hybridized carbons (Fsp3) is 0.846. The van der Waals surface area contributed by atoms with Crippen LogP contribution < -0.4 is 0 Å². The lowest BCUT2D eigenvalue weighted by atomic mass is 10.1. The zero-order valence-electron chi connectivity index (χ0n) is 10.6. The van der Waals surface area contributed by atoms with Gasteiger partial charge in [-0.1, -0.05) is 26.2 Å². The summed E-state index contributed by atoms with van der Waals surface area (Å²) in [5, 5.41) is 0. The molecule has 0 amide bonds. The highest BCUT2D eigenvalue weighted by Crippen LogP contribution is 2.08. The van der Waals surface area contributed by atoms with Crippen molar-refractivity contribution in [2.24, 2.45) is 0 Å². The van der Waals surface area contributed by atoms with E-state index in [9.17, 15) is 9.59 Å². The second kappa shape index (κ2) is 10.7. The molecular formula is C13H24O3. The SMILES string of the molecule is CCCCCC(=O)CCCCCC(=O)OC. The summed E-state index contributed by atoms with van der Waals surface area (Å²) in [5.41, 5.74) is 0. The van der Waals surface area contributed by atoms with E-state index < -0.39 is 0 Å². The lowest BCUT2D eigenvalue weighted by molar-refractivity contribution is -0.140. The molecule has 0 radical (unpaired) electrons. The molecule has 0 fully saturated rings. The van der Waals surface area contributed by atoms with Crippen LogP contribution in [0.25, 0.3) is 0 Å². The summed E-state index contributed by atoms with van der Waals surface area (Å²) < 4.78 is 4.54. The van der Waals surface area contributed by atoms with E-state index in [4.69, 9.17) is 0 Å². The highest BCUT2D eigenvalue weighted by Gasteiger charge is 2.03. The lowest BCUT2D eigenvalue weighted by Gasteiger charge is -2.01. The van der Waals surface area contributed by atoms with E-state index in [0.29, 0.717) is 18.6 Å². The molecule has 0 bridgehead atoms. The monoisotopic (exact) mass is 228 g/mol. The molecule has 0 aromatic heterocycles. The van der Waals surface area contributed by atoms with Crippen molar-refractivity contribution in [3.05, 3.63) is 0 Å². The molecule has 0 spiro atoms. The first kappa shape index (κ1) is 15.1. The van der Waals surface area contributed by atoms with Gasteiger partial charge in [0, 0.05) is 19.3 Å². The van der Waals surface area contributed by atoms with Gasteiger partial charge in [-0.25, -0.2) is 0 Å². The summed E-state index contributed by atoms with van der Waals surface area (Å²) in [5.74, 6) is 0.209. The molecule has 0 aromatic rings. The van der Waals surface area contributed by atoms with Gasteiger partial charge >= 0.3 is 5.97 Å². The van der Waals surface area contributed by atoms with E-state index in [-0.39, 0.29) is 5.97 Å². The third-order valence-electron chi connectivity index (χ3n) is 2.62.